The molecule has 0 aromatic heterocycles. The smallest absolute Gasteiger partial charge is 0.261 e. The average molecular weight is 270 g/mol. The summed E-state index contributed by atoms with van der Waals surface area (Å²) in [6.07, 6.45) is 0. The Morgan fingerprint density at radius 1 is 0.950 bits per heavy atom. The highest BCUT2D eigenvalue weighted by atomic mass is 16.2. The molecule has 1 aliphatic rings. The first-order chi connectivity index (χ1) is 9.25. The van der Waals surface area contributed by atoms with E-state index in [9.17, 15) is 4.79 Å². The second-order valence-corrected chi connectivity index (χ2v) is 5.55. The lowest BCUT2D eigenvalue weighted by molar-refractivity contribution is -0.115. The Balaban J connectivity index is 2.61. The maximum Gasteiger partial charge on any atom is 0.261 e. The number of amides is 1. The van der Waals surface area contributed by atoms with Gasteiger partial charge in [0.05, 0.1) is 5.69 Å². The second kappa shape index (κ2) is 4.82. The number of hydrogen-bond donors (Lipinski definition) is 0. The third kappa shape index (κ3) is 2.03. The van der Waals surface area contributed by atoms with Gasteiger partial charge in [-0.1, -0.05) is 12.6 Å². The van der Waals surface area contributed by atoms with Gasteiger partial charge in [-0.3, -0.25) is 9.69 Å². The Bertz CT molecular complexity index is 641. The van der Waals surface area contributed by atoms with Gasteiger partial charge in [0.1, 0.15) is 5.82 Å². The molecule has 2 rings (SSSR count). The second-order valence-electron chi connectivity index (χ2n) is 5.55. The molecule has 20 heavy (non-hydrogen) atoms. The van der Waals surface area contributed by atoms with E-state index in [1.54, 1.807) is 4.90 Å². The molecule has 0 radical (unpaired) electrons. The van der Waals surface area contributed by atoms with E-state index in [0.717, 1.165) is 22.5 Å². The van der Waals surface area contributed by atoms with E-state index in [1.165, 1.54) is 11.1 Å². The molecule has 0 aliphatic carbocycles. The van der Waals surface area contributed by atoms with E-state index in [1.807, 2.05) is 32.7 Å². The Kier molecular flexibility index (Phi) is 3.46. The van der Waals surface area contributed by atoms with Crippen molar-refractivity contribution in [3.8, 4) is 0 Å². The fourth-order valence-electron chi connectivity index (χ4n) is 2.47. The third-order valence-electron chi connectivity index (χ3n) is 4.27. The summed E-state index contributed by atoms with van der Waals surface area (Å²) in [5.41, 5.74) is 6.14. The summed E-state index contributed by atoms with van der Waals surface area (Å²) in [6.45, 7) is 14.1. The van der Waals surface area contributed by atoms with Crippen LogP contribution in [-0.4, -0.2) is 17.9 Å². The van der Waals surface area contributed by atoms with Gasteiger partial charge in [-0.05, 0) is 57.4 Å². The highest BCUT2D eigenvalue weighted by molar-refractivity contribution is 6.09. The SMILES string of the molecule is C=C1N(C)C(C)=C(C)C(=O)N1c1cc(C)c(C)cc1C. The number of carbonyl (C=O) groups excluding carboxylic acids is 1. The third-order valence-corrected chi connectivity index (χ3v) is 4.27. The summed E-state index contributed by atoms with van der Waals surface area (Å²) in [5.74, 6) is 0.710. The predicted octanol–water partition coefficient (Wildman–Crippen LogP) is 3.66. The maximum absolute atomic E-state index is 12.6. The van der Waals surface area contributed by atoms with Crippen LogP contribution in [-0.2, 0) is 4.79 Å². The van der Waals surface area contributed by atoms with Crippen molar-refractivity contribution >= 4 is 11.6 Å². The lowest BCUT2D eigenvalue weighted by atomic mass is 10.0. The molecule has 0 atom stereocenters. The number of benzene rings is 1. The lowest BCUT2D eigenvalue weighted by Gasteiger charge is -2.38. The summed E-state index contributed by atoms with van der Waals surface area (Å²) >= 11 is 0. The van der Waals surface area contributed by atoms with E-state index in [-0.39, 0.29) is 5.91 Å². The zero-order chi connectivity index (χ0) is 15.2. The fraction of sp³-hybridized carbons (Fsp3) is 0.353. The summed E-state index contributed by atoms with van der Waals surface area (Å²) in [5, 5.41) is 0. The molecule has 0 fully saturated rings. The number of nitrogens with zero attached hydrogens (tertiary/aromatic N) is 2. The van der Waals surface area contributed by atoms with Gasteiger partial charge < -0.3 is 4.90 Å². The number of carbonyl (C=O) groups is 1. The summed E-state index contributed by atoms with van der Waals surface area (Å²) in [6, 6.07) is 4.18. The molecule has 3 nitrogen and oxygen atoms in total. The van der Waals surface area contributed by atoms with Gasteiger partial charge in [0, 0.05) is 18.3 Å². The van der Waals surface area contributed by atoms with Crippen molar-refractivity contribution in [2.45, 2.75) is 34.6 Å². The largest absolute Gasteiger partial charge is 0.335 e. The van der Waals surface area contributed by atoms with Crippen LogP contribution in [0.5, 0.6) is 0 Å². The number of hydrogen-bond acceptors (Lipinski definition) is 2. The minimum absolute atomic E-state index is 0.0111. The van der Waals surface area contributed by atoms with E-state index in [2.05, 4.69) is 32.6 Å². The highest BCUT2D eigenvalue weighted by Crippen LogP contribution is 2.33. The van der Waals surface area contributed by atoms with E-state index in [4.69, 9.17) is 0 Å². The van der Waals surface area contributed by atoms with Crippen LogP contribution in [0.4, 0.5) is 5.69 Å². The van der Waals surface area contributed by atoms with Gasteiger partial charge in [-0.25, -0.2) is 0 Å². The molecule has 1 heterocycles. The molecule has 106 valence electrons. The predicted molar refractivity (Wildman–Crippen MR) is 83.4 cm³/mol. The number of anilines is 1. The van der Waals surface area contributed by atoms with Crippen LogP contribution >= 0.6 is 0 Å². The van der Waals surface area contributed by atoms with Gasteiger partial charge in [0.25, 0.3) is 5.91 Å². The van der Waals surface area contributed by atoms with E-state index < -0.39 is 0 Å². The van der Waals surface area contributed by atoms with Crippen LogP contribution in [0, 0.1) is 20.8 Å². The minimum atomic E-state index is 0.0111. The van der Waals surface area contributed by atoms with E-state index in [0.29, 0.717) is 5.82 Å². The molecular formula is C17H22N2O. The lowest BCUT2D eigenvalue weighted by Crippen LogP contribution is -2.42. The molecule has 0 saturated heterocycles. The van der Waals surface area contributed by atoms with Gasteiger partial charge in [0.15, 0.2) is 0 Å². The van der Waals surface area contributed by atoms with Crippen molar-refractivity contribution in [2.75, 3.05) is 11.9 Å². The van der Waals surface area contributed by atoms with Gasteiger partial charge >= 0.3 is 0 Å². The minimum Gasteiger partial charge on any atom is -0.335 e. The molecule has 1 aromatic carbocycles. The Hall–Kier alpha value is -2.03. The van der Waals surface area contributed by atoms with Crippen molar-refractivity contribution < 1.29 is 4.79 Å². The molecule has 1 aromatic rings. The Morgan fingerprint density at radius 2 is 1.50 bits per heavy atom. The molecule has 0 spiro atoms. The molecule has 1 amide bonds. The van der Waals surface area contributed by atoms with Crippen molar-refractivity contribution in [3.05, 3.63) is 52.5 Å². The normalized spacial score (nSPS) is 16.3. The number of aryl methyl sites for hydroxylation is 3. The summed E-state index contributed by atoms with van der Waals surface area (Å²) in [7, 11) is 1.94. The van der Waals surface area contributed by atoms with Crippen molar-refractivity contribution in [1.29, 1.82) is 0 Å². The molecule has 0 saturated carbocycles. The molecule has 1 aliphatic heterocycles. The van der Waals surface area contributed by atoms with Crippen LogP contribution in [0.25, 0.3) is 0 Å². The summed E-state index contributed by atoms with van der Waals surface area (Å²) in [4.78, 5) is 16.3. The first kappa shape index (κ1) is 14.4. The molecule has 3 heteroatoms. The molecule has 0 bridgehead atoms. The first-order valence-corrected chi connectivity index (χ1v) is 6.78. The average Bonchev–Trinajstić information content (AvgIpc) is 2.40. The topological polar surface area (TPSA) is 23.6 Å². The number of rotatable bonds is 1. The van der Waals surface area contributed by atoms with Crippen LogP contribution in [0.2, 0.25) is 0 Å². The monoisotopic (exact) mass is 270 g/mol. The Labute approximate surface area is 121 Å². The standard InChI is InChI=1S/C17H22N2O/c1-10-8-12(3)16(9-11(10)2)19-15(6)18(7)14(5)13(4)17(19)20/h8-9H,6H2,1-5,7H3. The fourth-order valence-corrected chi connectivity index (χ4v) is 2.47. The zero-order valence-corrected chi connectivity index (χ0v) is 13.2. The maximum atomic E-state index is 12.6. The van der Waals surface area contributed by atoms with Crippen LogP contribution in [0.3, 0.4) is 0 Å². The van der Waals surface area contributed by atoms with Gasteiger partial charge in [-0.15, -0.1) is 0 Å². The van der Waals surface area contributed by atoms with Crippen LogP contribution in [0.1, 0.15) is 30.5 Å². The van der Waals surface area contributed by atoms with Crippen LogP contribution < -0.4 is 4.90 Å². The zero-order valence-electron chi connectivity index (χ0n) is 13.2. The number of allylic oxidation sites excluding steroid dienone is 1. The van der Waals surface area contributed by atoms with E-state index >= 15 is 0 Å². The quantitative estimate of drug-likeness (QED) is 0.777. The van der Waals surface area contributed by atoms with Crippen molar-refractivity contribution in [3.63, 3.8) is 0 Å². The molecular weight excluding hydrogens is 248 g/mol. The Morgan fingerprint density at radius 3 is 2.10 bits per heavy atom. The first-order valence-electron chi connectivity index (χ1n) is 6.78. The summed E-state index contributed by atoms with van der Waals surface area (Å²) < 4.78 is 0. The van der Waals surface area contributed by atoms with Crippen molar-refractivity contribution in [2.24, 2.45) is 0 Å². The van der Waals surface area contributed by atoms with Gasteiger partial charge in [0.2, 0.25) is 0 Å². The molecule has 0 unspecified atom stereocenters. The van der Waals surface area contributed by atoms with Crippen molar-refractivity contribution in [1.82, 2.24) is 4.90 Å². The highest BCUT2D eigenvalue weighted by Gasteiger charge is 2.31. The van der Waals surface area contributed by atoms with Gasteiger partial charge in [-0.2, -0.15) is 0 Å². The molecule has 0 N–H and O–H groups in total. The van der Waals surface area contributed by atoms with Crippen LogP contribution in [0.15, 0.2) is 35.8 Å².